The number of anilines is 2. The van der Waals surface area contributed by atoms with E-state index < -0.39 is 12.0 Å². The number of amides is 1. The minimum atomic E-state index is -1.04. The second-order valence-corrected chi connectivity index (χ2v) is 7.50. The highest BCUT2D eigenvalue weighted by molar-refractivity contribution is 6.03. The Morgan fingerprint density at radius 1 is 1.18 bits per heavy atom. The van der Waals surface area contributed by atoms with Crippen LogP contribution in [-0.4, -0.2) is 59.1 Å². The molecule has 1 aromatic heterocycles. The molecule has 0 radical (unpaired) electrons. The van der Waals surface area contributed by atoms with Gasteiger partial charge in [0.1, 0.15) is 17.9 Å². The first-order valence-electron chi connectivity index (χ1n) is 10.5. The Kier molecular flexibility index (Phi) is 7.93. The number of aliphatic carboxylic acids is 1. The van der Waals surface area contributed by atoms with E-state index in [4.69, 9.17) is 4.74 Å². The maximum Gasteiger partial charge on any atom is 0.330 e. The van der Waals surface area contributed by atoms with E-state index >= 15 is 0 Å². The van der Waals surface area contributed by atoms with Gasteiger partial charge in [-0.1, -0.05) is 36.4 Å². The molecule has 0 aliphatic rings. The number of aromatic nitrogens is 2. The number of likely N-dealkylation sites (N-methyl/N-ethyl adjacent to an activating group) is 1. The van der Waals surface area contributed by atoms with Gasteiger partial charge in [-0.05, 0) is 32.6 Å². The van der Waals surface area contributed by atoms with Crippen LogP contribution in [0, 0.1) is 0 Å². The van der Waals surface area contributed by atoms with Crippen molar-refractivity contribution in [3.05, 3.63) is 66.5 Å². The first-order valence-corrected chi connectivity index (χ1v) is 10.5. The quantitative estimate of drug-likeness (QED) is 0.404. The summed E-state index contributed by atoms with van der Waals surface area (Å²) in [6.45, 7) is 2.87. The van der Waals surface area contributed by atoms with Gasteiger partial charge in [0, 0.05) is 24.1 Å². The van der Waals surface area contributed by atoms with Crippen molar-refractivity contribution in [1.82, 2.24) is 14.9 Å². The molecule has 1 atom stereocenters. The molecule has 0 saturated carbocycles. The van der Waals surface area contributed by atoms with Crippen LogP contribution >= 0.6 is 0 Å². The number of rotatable bonds is 10. The van der Waals surface area contributed by atoms with Gasteiger partial charge in [0.25, 0.3) is 0 Å². The predicted octanol–water partition coefficient (Wildman–Crippen LogP) is 3.32. The van der Waals surface area contributed by atoms with Crippen LogP contribution in [0.4, 0.5) is 11.5 Å². The molecule has 9 heteroatoms. The second kappa shape index (κ2) is 11.1. The highest BCUT2D eigenvalue weighted by atomic mass is 16.5. The molecule has 0 bridgehead atoms. The van der Waals surface area contributed by atoms with Crippen molar-refractivity contribution in [3.63, 3.8) is 0 Å². The number of hydrogen-bond donors (Lipinski definition) is 3. The predicted molar refractivity (Wildman–Crippen MR) is 127 cm³/mol. The van der Waals surface area contributed by atoms with Crippen molar-refractivity contribution in [3.8, 4) is 5.75 Å². The van der Waals surface area contributed by atoms with Crippen LogP contribution in [-0.2, 0) is 9.59 Å². The van der Waals surface area contributed by atoms with Crippen LogP contribution in [0.25, 0.3) is 10.9 Å². The minimum Gasteiger partial charge on any atom is -0.492 e. The minimum absolute atomic E-state index is 0.309. The lowest BCUT2D eigenvalue weighted by Gasteiger charge is -2.18. The molecule has 1 unspecified atom stereocenters. The summed E-state index contributed by atoms with van der Waals surface area (Å²) in [4.78, 5) is 34.9. The topological polar surface area (TPSA) is 117 Å². The van der Waals surface area contributed by atoms with Gasteiger partial charge in [0.15, 0.2) is 6.04 Å². The van der Waals surface area contributed by atoms with Crippen molar-refractivity contribution in [2.24, 2.45) is 0 Å². The molecule has 9 nitrogen and oxygen atoms in total. The number of fused-ring (bicyclic) bond motifs is 1. The number of hydrogen-bond acceptors (Lipinski definition) is 7. The lowest BCUT2D eigenvalue weighted by molar-refractivity contribution is -0.138. The highest BCUT2D eigenvalue weighted by Gasteiger charge is 2.21. The first kappa shape index (κ1) is 23.7. The van der Waals surface area contributed by atoms with Gasteiger partial charge in [-0.25, -0.2) is 14.8 Å². The fourth-order valence-electron chi connectivity index (χ4n) is 3.19. The zero-order chi connectivity index (χ0) is 23.8. The summed E-state index contributed by atoms with van der Waals surface area (Å²) < 4.78 is 5.70. The van der Waals surface area contributed by atoms with Crippen LogP contribution in [0.3, 0.4) is 0 Å². The van der Waals surface area contributed by atoms with Crippen LogP contribution in [0.5, 0.6) is 5.75 Å². The summed E-state index contributed by atoms with van der Waals surface area (Å²) in [6, 6.07) is 11.2. The van der Waals surface area contributed by atoms with E-state index in [1.807, 2.05) is 32.0 Å². The van der Waals surface area contributed by atoms with Gasteiger partial charge in [-0.3, -0.25) is 4.79 Å². The van der Waals surface area contributed by atoms with Gasteiger partial charge in [0.2, 0.25) is 5.91 Å². The molecular formula is C24H27N5O4. The molecule has 3 rings (SSSR count). The number of carboxylic acid groups (broad SMARTS) is 1. The average molecular weight is 450 g/mol. The van der Waals surface area contributed by atoms with Gasteiger partial charge in [-0.15, -0.1) is 0 Å². The van der Waals surface area contributed by atoms with E-state index in [9.17, 15) is 14.7 Å². The number of nitrogens with one attached hydrogen (secondary N) is 2. The summed E-state index contributed by atoms with van der Waals surface area (Å²) in [6.07, 6.45) is 4.56. The van der Waals surface area contributed by atoms with Crippen molar-refractivity contribution >= 4 is 34.3 Å². The molecule has 0 saturated heterocycles. The van der Waals surface area contributed by atoms with E-state index in [0.717, 1.165) is 0 Å². The fourth-order valence-corrected chi connectivity index (χ4v) is 3.19. The van der Waals surface area contributed by atoms with Gasteiger partial charge in [0.05, 0.1) is 17.8 Å². The number of carbonyl (C=O) groups excluding carboxylic acids is 1. The summed E-state index contributed by atoms with van der Waals surface area (Å²) in [7, 11) is 3.82. The molecule has 0 spiro atoms. The summed E-state index contributed by atoms with van der Waals surface area (Å²) >= 11 is 0. The number of ether oxygens (including phenoxy) is 1. The molecule has 0 aliphatic heterocycles. The highest BCUT2D eigenvalue weighted by Crippen LogP contribution is 2.33. The van der Waals surface area contributed by atoms with Crippen LogP contribution in [0.2, 0.25) is 0 Å². The standard InChI is InChI=1S/C24H27N5O4/c1-4-33-20-14-18-17(13-19(20)27-21(30)11-8-12-29(2)3)23(26-15-25-18)28-22(24(31)32)16-9-6-5-7-10-16/h5-11,13-15,22H,4,12H2,1-3H3,(H,27,30)(H,31,32)(H,25,26,28). The second-order valence-electron chi connectivity index (χ2n) is 7.50. The lowest BCUT2D eigenvalue weighted by atomic mass is 10.1. The van der Waals surface area contributed by atoms with Gasteiger partial charge < -0.3 is 25.4 Å². The molecule has 1 amide bonds. The Bertz CT molecular complexity index is 1150. The fraction of sp³-hybridized carbons (Fsp3) is 0.250. The third-order valence-corrected chi connectivity index (χ3v) is 4.70. The molecule has 33 heavy (non-hydrogen) atoms. The third-order valence-electron chi connectivity index (χ3n) is 4.70. The monoisotopic (exact) mass is 449 g/mol. The largest absolute Gasteiger partial charge is 0.492 e. The van der Waals surface area contributed by atoms with Crippen molar-refractivity contribution in [1.29, 1.82) is 0 Å². The molecule has 1 heterocycles. The zero-order valence-corrected chi connectivity index (χ0v) is 18.8. The number of carbonyl (C=O) groups is 2. The van der Waals surface area contributed by atoms with E-state index in [0.29, 0.717) is 46.9 Å². The lowest BCUT2D eigenvalue weighted by Crippen LogP contribution is -2.21. The van der Waals surface area contributed by atoms with Gasteiger partial charge in [-0.2, -0.15) is 0 Å². The van der Waals surface area contributed by atoms with Crippen LogP contribution in [0.1, 0.15) is 18.5 Å². The van der Waals surface area contributed by atoms with Gasteiger partial charge >= 0.3 is 5.97 Å². The molecule has 172 valence electrons. The van der Waals surface area contributed by atoms with Crippen molar-refractivity contribution in [2.75, 3.05) is 37.9 Å². The molecule has 2 aromatic carbocycles. The third kappa shape index (κ3) is 6.27. The van der Waals surface area contributed by atoms with Crippen molar-refractivity contribution < 1.29 is 19.4 Å². The molecular weight excluding hydrogens is 422 g/mol. The Balaban J connectivity index is 1.98. The molecule has 0 fully saturated rings. The van der Waals surface area contributed by atoms with E-state index in [1.54, 1.807) is 42.5 Å². The van der Waals surface area contributed by atoms with Crippen LogP contribution in [0.15, 0.2) is 60.9 Å². The maximum absolute atomic E-state index is 12.4. The normalized spacial score (nSPS) is 12.1. The molecule has 0 aliphatic carbocycles. The first-order chi connectivity index (χ1) is 15.9. The summed E-state index contributed by atoms with van der Waals surface area (Å²) in [5.74, 6) is -0.561. The molecule has 3 N–H and O–H groups in total. The number of nitrogens with zero attached hydrogens (tertiary/aromatic N) is 3. The van der Waals surface area contributed by atoms with E-state index in [1.165, 1.54) is 12.4 Å². The van der Waals surface area contributed by atoms with E-state index in [-0.39, 0.29) is 5.91 Å². The van der Waals surface area contributed by atoms with Crippen molar-refractivity contribution in [2.45, 2.75) is 13.0 Å². The summed E-state index contributed by atoms with van der Waals surface area (Å²) in [5.41, 5.74) is 1.57. The Morgan fingerprint density at radius 2 is 1.94 bits per heavy atom. The molecule has 3 aromatic rings. The number of carboxylic acids is 1. The Morgan fingerprint density at radius 3 is 2.61 bits per heavy atom. The van der Waals surface area contributed by atoms with E-state index in [2.05, 4.69) is 20.6 Å². The Hall–Kier alpha value is -3.98. The maximum atomic E-state index is 12.4. The van der Waals surface area contributed by atoms with Crippen LogP contribution < -0.4 is 15.4 Å². The smallest absolute Gasteiger partial charge is 0.330 e. The SMILES string of the molecule is CCOc1cc2ncnc(NC(C(=O)O)c3ccccc3)c2cc1NC(=O)C=CCN(C)C. The summed E-state index contributed by atoms with van der Waals surface area (Å²) in [5, 5.41) is 16.1. The average Bonchev–Trinajstić information content (AvgIpc) is 2.78. The zero-order valence-electron chi connectivity index (χ0n) is 18.8. The number of benzene rings is 2. The Labute approximate surface area is 192 Å².